The minimum Gasteiger partial charge on any atom is -0.508 e. The predicted octanol–water partition coefficient (Wildman–Crippen LogP) is 2.59. The topological polar surface area (TPSA) is 62.2 Å². The van der Waals surface area contributed by atoms with Gasteiger partial charge in [0, 0.05) is 18.0 Å². The van der Waals surface area contributed by atoms with E-state index in [1.54, 1.807) is 31.5 Å². The van der Waals surface area contributed by atoms with Crippen LogP contribution >= 0.6 is 0 Å². The number of phenols is 1. The van der Waals surface area contributed by atoms with E-state index in [9.17, 15) is 9.90 Å². The largest absolute Gasteiger partial charge is 0.508 e. The number of carbonyl (C=O) groups excluding carboxylic acids is 1. The van der Waals surface area contributed by atoms with Gasteiger partial charge in [-0.2, -0.15) is 0 Å². The highest BCUT2D eigenvalue weighted by molar-refractivity contribution is 5.94. The summed E-state index contributed by atoms with van der Waals surface area (Å²) in [4.78, 5) is 16.1. The van der Waals surface area contributed by atoms with Crippen molar-refractivity contribution in [1.29, 1.82) is 0 Å². The molecule has 19 heavy (non-hydrogen) atoms. The standard InChI is InChI=1S/C15H16N2O2/c1-10-5-6-12(8-14(10)18)15(19)17-11(2)13-4-3-7-16-9-13/h3-9,11,18H,1-2H3,(H,17,19). The maximum absolute atomic E-state index is 12.0. The van der Waals surface area contributed by atoms with Crippen LogP contribution in [0.3, 0.4) is 0 Å². The molecule has 1 atom stereocenters. The molecule has 0 saturated carbocycles. The number of rotatable bonds is 3. The van der Waals surface area contributed by atoms with Gasteiger partial charge >= 0.3 is 0 Å². The molecule has 0 aliphatic carbocycles. The van der Waals surface area contributed by atoms with Crippen LogP contribution in [0.2, 0.25) is 0 Å². The molecule has 0 bridgehead atoms. The summed E-state index contributed by atoms with van der Waals surface area (Å²) >= 11 is 0. The Morgan fingerprint density at radius 2 is 2.16 bits per heavy atom. The van der Waals surface area contributed by atoms with Crippen molar-refractivity contribution >= 4 is 5.91 Å². The highest BCUT2D eigenvalue weighted by Crippen LogP contribution is 2.18. The Labute approximate surface area is 112 Å². The summed E-state index contributed by atoms with van der Waals surface area (Å²) in [6.07, 6.45) is 3.41. The molecule has 0 radical (unpaired) electrons. The van der Waals surface area contributed by atoms with Gasteiger partial charge in [0.05, 0.1) is 6.04 Å². The Morgan fingerprint density at radius 3 is 2.79 bits per heavy atom. The zero-order valence-corrected chi connectivity index (χ0v) is 10.9. The summed E-state index contributed by atoms with van der Waals surface area (Å²) < 4.78 is 0. The molecule has 1 heterocycles. The molecule has 0 saturated heterocycles. The average molecular weight is 256 g/mol. The monoisotopic (exact) mass is 256 g/mol. The lowest BCUT2D eigenvalue weighted by Gasteiger charge is -2.14. The second-order valence-corrected chi connectivity index (χ2v) is 4.48. The number of aryl methyl sites for hydroxylation is 1. The number of aromatic nitrogens is 1. The van der Waals surface area contributed by atoms with Gasteiger partial charge in [-0.3, -0.25) is 9.78 Å². The van der Waals surface area contributed by atoms with Crippen LogP contribution in [0.5, 0.6) is 5.75 Å². The van der Waals surface area contributed by atoms with E-state index in [0.29, 0.717) is 5.56 Å². The van der Waals surface area contributed by atoms with Crippen LogP contribution in [-0.2, 0) is 0 Å². The van der Waals surface area contributed by atoms with Gasteiger partial charge in [-0.15, -0.1) is 0 Å². The van der Waals surface area contributed by atoms with Crippen LogP contribution in [0.1, 0.15) is 34.5 Å². The smallest absolute Gasteiger partial charge is 0.251 e. The first kappa shape index (κ1) is 13.1. The van der Waals surface area contributed by atoms with E-state index in [1.807, 2.05) is 19.1 Å². The predicted molar refractivity (Wildman–Crippen MR) is 73.0 cm³/mol. The fourth-order valence-electron chi connectivity index (χ4n) is 1.75. The Kier molecular flexibility index (Phi) is 3.80. The maximum atomic E-state index is 12.0. The van der Waals surface area contributed by atoms with Crippen molar-refractivity contribution in [2.75, 3.05) is 0 Å². The average Bonchev–Trinajstić information content (AvgIpc) is 2.42. The molecular weight excluding hydrogens is 240 g/mol. The Morgan fingerprint density at radius 1 is 1.37 bits per heavy atom. The molecule has 4 heteroatoms. The molecule has 1 unspecified atom stereocenters. The van der Waals surface area contributed by atoms with Crippen LogP contribution in [0.15, 0.2) is 42.7 Å². The number of aromatic hydroxyl groups is 1. The number of hydrogen-bond donors (Lipinski definition) is 2. The minimum absolute atomic E-state index is 0.127. The third-order valence-electron chi connectivity index (χ3n) is 3.00. The van der Waals surface area contributed by atoms with Gasteiger partial charge in [0.2, 0.25) is 0 Å². The van der Waals surface area contributed by atoms with Crippen molar-refractivity contribution in [1.82, 2.24) is 10.3 Å². The molecule has 2 N–H and O–H groups in total. The number of benzene rings is 1. The molecule has 1 aromatic carbocycles. The van der Waals surface area contributed by atoms with Crippen LogP contribution in [0.25, 0.3) is 0 Å². The summed E-state index contributed by atoms with van der Waals surface area (Å²) in [5.74, 6) is -0.0895. The highest BCUT2D eigenvalue weighted by Gasteiger charge is 2.12. The second-order valence-electron chi connectivity index (χ2n) is 4.48. The van der Waals surface area contributed by atoms with Crippen molar-refractivity contribution in [3.63, 3.8) is 0 Å². The second kappa shape index (κ2) is 5.52. The SMILES string of the molecule is Cc1ccc(C(=O)NC(C)c2cccnc2)cc1O. The summed E-state index contributed by atoms with van der Waals surface area (Å²) in [6, 6.07) is 8.49. The summed E-state index contributed by atoms with van der Waals surface area (Å²) in [5.41, 5.74) is 2.13. The fourth-order valence-corrected chi connectivity index (χ4v) is 1.75. The lowest BCUT2D eigenvalue weighted by molar-refractivity contribution is 0.0939. The number of nitrogens with one attached hydrogen (secondary N) is 1. The van der Waals surface area contributed by atoms with Gasteiger partial charge in [-0.25, -0.2) is 0 Å². The van der Waals surface area contributed by atoms with Crippen molar-refractivity contribution in [2.45, 2.75) is 19.9 Å². The van der Waals surface area contributed by atoms with Gasteiger partial charge in [-0.1, -0.05) is 12.1 Å². The molecule has 0 aliphatic heterocycles. The van der Waals surface area contributed by atoms with E-state index in [1.165, 1.54) is 6.07 Å². The molecule has 0 fully saturated rings. The van der Waals surface area contributed by atoms with E-state index in [2.05, 4.69) is 10.3 Å². The fraction of sp³-hybridized carbons (Fsp3) is 0.200. The quantitative estimate of drug-likeness (QED) is 0.887. The molecule has 1 aromatic heterocycles. The number of phenolic OH excluding ortho intramolecular Hbond substituents is 1. The lowest BCUT2D eigenvalue weighted by atomic mass is 10.1. The number of pyridine rings is 1. The first-order valence-electron chi connectivity index (χ1n) is 6.08. The third-order valence-corrected chi connectivity index (χ3v) is 3.00. The molecule has 98 valence electrons. The van der Waals surface area contributed by atoms with Crippen LogP contribution < -0.4 is 5.32 Å². The summed E-state index contributed by atoms with van der Waals surface area (Å²) in [6.45, 7) is 3.68. The van der Waals surface area contributed by atoms with E-state index >= 15 is 0 Å². The molecule has 2 rings (SSSR count). The van der Waals surface area contributed by atoms with Gasteiger partial charge in [-0.05, 0) is 43.2 Å². The van der Waals surface area contributed by atoms with Gasteiger partial charge in [0.25, 0.3) is 5.91 Å². The van der Waals surface area contributed by atoms with Crippen LogP contribution in [-0.4, -0.2) is 16.0 Å². The number of carbonyl (C=O) groups is 1. The van der Waals surface area contributed by atoms with Crippen molar-refractivity contribution in [2.24, 2.45) is 0 Å². The van der Waals surface area contributed by atoms with Gasteiger partial charge in [0.15, 0.2) is 0 Å². The third kappa shape index (κ3) is 3.10. The van der Waals surface area contributed by atoms with E-state index < -0.39 is 0 Å². The van der Waals surface area contributed by atoms with Gasteiger partial charge in [0.1, 0.15) is 5.75 Å². The zero-order valence-electron chi connectivity index (χ0n) is 10.9. The highest BCUT2D eigenvalue weighted by atomic mass is 16.3. The summed E-state index contributed by atoms with van der Waals surface area (Å²) in [7, 11) is 0. The Bertz CT molecular complexity index is 582. The molecule has 0 spiro atoms. The first-order chi connectivity index (χ1) is 9.08. The van der Waals surface area contributed by atoms with E-state index in [4.69, 9.17) is 0 Å². The van der Waals surface area contributed by atoms with Crippen molar-refractivity contribution < 1.29 is 9.90 Å². The minimum atomic E-state index is -0.216. The molecule has 1 amide bonds. The van der Waals surface area contributed by atoms with Crippen LogP contribution in [0, 0.1) is 6.92 Å². The number of nitrogens with zero attached hydrogens (tertiary/aromatic N) is 1. The lowest BCUT2D eigenvalue weighted by Crippen LogP contribution is -2.26. The Balaban J connectivity index is 2.11. The molecular formula is C15H16N2O2. The van der Waals surface area contributed by atoms with Gasteiger partial charge < -0.3 is 10.4 Å². The van der Waals surface area contributed by atoms with Crippen molar-refractivity contribution in [3.05, 3.63) is 59.4 Å². The van der Waals surface area contributed by atoms with E-state index in [0.717, 1.165) is 11.1 Å². The number of hydrogen-bond acceptors (Lipinski definition) is 3. The summed E-state index contributed by atoms with van der Waals surface area (Å²) in [5, 5.41) is 12.5. The van der Waals surface area contributed by atoms with Crippen LogP contribution in [0.4, 0.5) is 0 Å². The van der Waals surface area contributed by atoms with Crippen molar-refractivity contribution in [3.8, 4) is 5.75 Å². The zero-order chi connectivity index (χ0) is 13.8. The molecule has 0 aliphatic rings. The maximum Gasteiger partial charge on any atom is 0.251 e. The molecule has 4 nitrogen and oxygen atoms in total. The Hall–Kier alpha value is -2.36. The molecule has 2 aromatic rings. The van der Waals surface area contributed by atoms with E-state index in [-0.39, 0.29) is 17.7 Å². The first-order valence-corrected chi connectivity index (χ1v) is 6.08. The number of amides is 1. The normalized spacial score (nSPS) is 11.9.